The molecule has 3 aromatic rings. The van der Waals surface area contributed by atoms with E-state index in [1.54, 1.807) is 23.2 Å². The second kappa shape index (κ2) is 11.8. The van der Waals surface area contributed by atoms with Crippen LogP contribution in [-0.2, 0) is 17.9 Å². The van der Waals surface area contributed by atoms with Crippen LogP contribution in [0.4, 0.5) is 10.5 Å². The summed E-state index contributed by atoms with van der Waals surface area (Å²) in [6.45, 7) is 11.6. The Morgan fingerprint density at radius 3 is 2.69 bits per heavy atom. The van der Waals surface area contributed by atoms with E-state index in [1.165, 1.54) is 0 Å². The van der Waals surface area contributed by atoms with Gasteiger partial charge in [0.1, 0.15) is 6.73 Å². The van der Waals surface area contributed by atoms with Gasteiger partial charge in [0, 0.05) is 26.4 Å². The predicted molar refractivity (Wildman–Crippen MR) is 142 cm³/mol. The van der Waals surface area contributed by atoms with E-state index in [9.17, 15) is 9.90 Å². The van der Waals surface area contributed by atoms with Crippen LogP contribution in [0, 0.1) is 0 Å². The van der Waals surface area contributed by atoms with Gasteiger partial charge in [-0.1, -0.05) is 56.0 Å². The zero-order valence-corrected chi connectivity index (χ0v) is 21.7. The Bertz CT molecular complexity index is 1140. The van der Waals surface area contributed by atoms with Gasteiger partial charge in [0.2, 0.25) is 0 Å². The van der Waals surface area contributed by atoms with Crippen LogP contribution in [0.3, 0.4) is 0 Å². The monoisotopic (exact) mass is 493 g/mol. The Morgan fingerprint density at radius 2 is 2.03 bits per heavy atom. The molecule has 0 aliphatic heterocycles. The van der Waals surface area contributed by atoms with E-state index in [0.29, 0.717) is 30.8 Å². The molecule has 3 rings (SSSR count). The highest BCUT2D eigenvalue weighted by atomic mass is 28.3. The Hall–Kier alpha value is -3.43. The highest BCUT2D eigenvalue weighted by Crippen LogP contribution is 2.32. The number of carboxylic acid groups (broad SMARTS) is 1. The molecule has 0 fully saturated rings. The van der Waals surface area contributed by atoms with Crippen molar-refractivity contribution in [3.8, 4) is 11.3 Å². The molecule has 0 radical (unpaired) electrons. The number of anilines is 1. The second-order valence-corrected chi connectivity index (χ2v) is 15.4. The fourth-order valence-corrected chi connectivity index (χ4v) is 4.52. The molecule has 0 saturated carbocycles. The molecule has 2 aromatic heterocycles. The lowest BCUT2D eigenvalue weighted by molar-refractivity contribution is 0.0798. The minimum atomic E-state index is -1.21. The molecule has 1 aromatic carbocycles. The molecule has 9 heteroatoms. The molecule has 0 spiro atoms. The average molecular weight is 494 g/mol. The van der Waals surface area contributed by atoms with Gasteiger partial charge in [-0.05, 0) is 36.1 Å². The molecule has 0 aliphatic rings. The molecule has 186 valence electrons. The molecule has 2 heterocycles. The van der Waals surface area contributed by atoms with Crippen LogP contribution < -0.4 is 11.1 Å². The lowest BCUT2D eigenvalue weighted by Gasteiger charge is -2.19. The first-order valence-electron chi connectivity index (χ1n) is 11.7. The average Bonchev–Trinajstić information content (AvgIpc) is 3.16. The van der Waals surface area contributed by atoms with Crippen molar-refractivity contribution < 1.29 is 14.6 Å². The number of nitrogens with zero attached hydrogens (tertiary/aromatic N) is 3. The Labute approximate surface area is 207 Å². The van der Waals surface area contributed by atoms with Crippen LogP contribution in [0.5, 0.6) is 0 Å². The number of pyridine rings is 1. The molecular formula is C26H35N5O3Si. The van der Waals surface area contributed by atoms with Crippen molar-refractivity contribution in [2.24, 2.45) is 0 Å². The van der Waals surface area contributed by atoms with Crippen molar-refractivity contribution >= 4 is 19.9 Å². The van der Waals surface area contributed by atoms with Crippen LogP contribution in [0.2, 0.25) is 25.7 Å². The van der Waals surface area contributed by atoms with Gasteiger partial charge in [-0.15, -0.1) is 6.58 Å². The van der Waals surface area contributed by atoms with Crippen molar-refractivity contribution in [1.82, 2.24) is 20.1 Å². The summed E-state index contributed by atoms with van der Waals surface area (Å²) in [5.41, 5.74) is 11.2. The van der Waals surface area contributed by atoms with E-state index in [1.807, 2.05) is 24.3 Å². The number of rotatable bonds is 12. The van der Waals surface area contributed by atoms with Gasteiger partial charge in [-0.3, -0.25) is 4.98 Å². The quantitative estimate of drug-likeness (QED) is 0.179. The van der Waals surface area contributed by atoms with E-state index in [4.69, 9.17) is 10.5 Å². The summed E-state index contributed by atoms with van der Waals surface area (Å²) < 4.78 is 7.72. The number of aromatic nitrogens is 3. The third-order valence-electron chi connectivity index (χ3n) is 5.63. The standard InChI is InChI=1S/C26H35N5O3Si/c1-5-9-23(30-26(32)33)24-15-21(20(16-28-24)14-19-10-7-6-8-11-19)25-22(27)17-29-31(25)18-34-12-13-35(2,3)4/h5-8,10-11,15-17,23,30H,1,9,12-14,18,27H2,2-4H3,(H,32,33). The van der Waals surface area contributed by atoms with E-state index < -0.39 is 20.2 Å². The Kier molecular flexibility index (Phi) is 8.83. The highest BCUT2D eigenvalue weighted by molar-refractivity contribution is 6.76. The minimum absolute atomic E-state index is 0.281. The van der Waals surface area contributed by atoms with Crippen molar-refractivity contribution in [2.45, 2.75) is 51.3 Å². The fraction of sp³-hybridized carbons (Fsp3) is 0.346. The van der Waals surface area contributed by atoms with Gasteiger partial charge in [-0.25, -0.2) is 9.48 Å². The smallest absolute Gasteiger partial charge is 0.405 e. The molecule has 1 unspecified atom stereocenters. The van der Waals surface area contributed by atoms with Gasteiger partial charge < -0.3 is 20.9 Å². The van der Waals surface area contributed by atoms with E-state index in [2.05, 4.69) is 53.8 Å². The van der Waals surface area contributed by atoms with Crippen LogP contribution in [0.15, 0.2) is 61.4 Å². The van der Waals surface area contributed by atoms with Gasteiger partial charge in [-0.2, -0.15) is 5.10 Å². The maximum Gasteiger partial charge on any atom is 0.405 e. The third-order valence-corrected chi connectivity index (χ3v) is 7.34. The van der Waals surface area contributed by atoms with Crippen molar-refractivity contribution in [3.63, 3.8) is 0 Å². The molecule has 1 atom stereocenters. The Balaban J connectivity index is 2.01. The zero-order chi connectivity index (χ0) is 25.4. The molecule has 0 bridgehead atoms. The molecule has 0 saturated heterocycles. The normalized spacial score (nSPS) is 12.3. The van der Waals surface area contributed by atoms with Gasteiger partial charge in [0.25, 0.3) is 0 Å². The number of hydrogen-bond acceptors (Lipinski definition) is 5. The van der Waals surface area contributed by atoms with Crippen LogP contribution in [0.1, 0.15) is 29.3 Å². The number of nitrogens with two attached hydrogens (primary N) is 1. The number of nitrogen functional groups attached to an aromatic ring is 1. The van der Waals surface area contributed by atoms with Gasteiger partial charge in [0.15, 0.2) is 0 Å². The molecule has 1 amide bonds. The van der Waals surface area contributed by atoms with E-state index in [-0.39, 0.29) is 6.73 Å². The third kappa shape index (κ3) is 7.53. The molecular weight excluding hydrogens is 458 g/mol. The lowest BCUT2D eigenvalue weighted by Crippen LogP contribution is -2.27. The van der Waals surface area contributed by atoms with Crippen LogP contribution in [-0.4, -0.2) is 40.6 Å². The maximum absolute atomic E-state index is 11.4. The molecule has 0 aliphatic carbocycles. The van der Waals surface area contributed by atoms with Crippen molar-refractivity contribution in [3.05, 3.63) is 78.3 Å². The first kappa shape index (κ1) is 26.2. The Morgan fingerprint density at radius 1 is 1.29 bits per heavy atom. The van der Waals surface area contributed by atoms with Crippen LogP contribution in [0.25, 0.3) is 11.3 Å². The van der Waals surface area contributed by atoms with Crippen LogP contribution >= 0.6 is 0 Å². The number of amides is 1. The number of nitrogens with one attached hydrogen (secondary N) is 1. The fourth-order valence-electron chi connectivity index (χ4n) is 3.76. The van der Waals surface area contributed by atoms with E-state index >= 15 is 0 Å². The first-order valence-corrected chi connectivity index (χ1v) is 15.4. The lowest BCUT2D eigenvalue weighted by atomic mass is 9.96. The molecule has 4 N–H and O–H groups in total. The molecule has 8 nitrogen and oxygen atoms in total. The minimum Gasteiger partial charge on any atom is -0.465 e. The van der Waals surface area contributed by atoms with Crippen molar-refractivity contribution in [2.75, 3.05) is 12.3 Å². The van der Waals surface area contributed by atoms with E-state index in [0.717, 1.165) is 28.4 Å². The summed E-state index contributed by atoms with van der Waals surface area (Å²) >= 11 is 0. The molecule has 35 heavy (non-hydrogen) atoms. The topological polar surface area (TPSA) is 115 Å². The zero-order valence-electron chi connectivity index (χ0n) is 20.7. The highest BCUT2D eigenvalue weighted by Gasteiger charge is 2.21. The van der Waals surface area contributed by atoms with Gasteiger partial charge in [0.05, 0.1) is 29.3 Å². The second-order valence-electron chi connectivity index (χ2n) is 9.75. The van der Waals surface area contributed by atoms with Gasteiger partial charge >= 0.3 is 6.09 Å². The summed E-state index contributed by atoms with van der Waals surface area (Å²) in [5, 5.41) is 16.3. The number of hydrogen-bond donors (Lipinski definition) is 3. The summed E-state index contributed by atoms with van der Waals surface area (Å²) in [6.07, 6.45) is 5.02. The largest absolute Gasteiger partial charge is 0.465 e. The predicted octanol–water partition coefficient (Wildman–Crippen LogP) is 5.32. The summed E-state index contributed by atoms with van der Waals surface area (Å²) in [4.78, 5) is 16.0. The number of carbonyl (C=O) groups is 1. The summed E-state index contributed by atoms with van der Waals surface area (Å²) in [5.74, 6) is 0. The number of benzene rings is 1. The SMILES string of the molecule is C=CCC(NC(=O)O)c1cc(-c2c(N)cnn2COCC[Si](C)(C)C)c(Cc2ccccc2)cn1. The maximum atomic E-state index is 11.4. The summed E-state index contributed by atoms with van der Waals surface area (Å²) in [6, 6.07) is 12.5. The first-order chi connectivity index (χ1) is 16.7. The number of ether oxygens (including phenoxy) is 1. The summed E-state index contributed by atoms with van der Waals surface area (Å²) in [7, 11) is -1.21. The van der Waals surface area contributed by atoms with Crippen molar-refractivity contribution in [1.29, 1.82) is 0 Å².